The number of hydrogen-bond acceptors (Lipinski definition) is 3. The second kappa shape index (κ2) is 3.87. The number of carbonyl (C=O) groups excluding carboxylic acids is 1. The number of aliphatic imine (C=N–C) groups is 1. The second-order valence-corrected chi connectivity index (χ2v) is 3.04. The van der Waals surface area contributed by atoms with Gasteiger partial charge in [-0.25, -0.2) is 4.79 Å². The summed E-state index contributed by atoms with van der Waals surface area (Å²) in [6, 6.07) is 5.66. The molecule has 1 aromatic carbocycles. The summed E-state index contributed by atoms with van der Waals surface area (Å²) in [6.07, 6.45) is 1.55. The van der Waals surface area contributed by atoms with Crippen LogP contribution in [-0.4, -0.2) is 20.2 Å². The van der Waals surface area contributed by atoms with Crippen molar-refractivity contribution in [2.75, 3.05) is 19.0 Å². The molecule has 0 fully saturated rings. The molecule has 68 valence electrons. The van der Waals surface area contributed by atoms with E-state index >= 15 is 0 Å². The highest BCUT2D eigenvalue weighted by molar-refractivity contribution is 5.72. The highest BCUT2D eigenvalue weighted by Gasteiger charge is 2.05. The lowest BCUT2D eigenvalue weighted by molar-refractivity contribution is 0.565. The van der Waals surface area contributed by atoms with Crippen LogP contribution in [0.4, 0.5) is 11.4 Å². The number of para-hydroxylation sites is 1. The van der Waals surface area contributed by atoms with E-state index in [2.05, 4.69) is 4.99 Å². The Balaban J connectivity index is 3.33. The van der Waals surface area contributed by atoms with Crippen molar-refractivity contribution < 1.29 is 4.79 Å². The van der Waals surface area contributed by atoms with Gasteiger partial charge in [-0.2, -0.15) is 4.99 Å². The van der Waals surface area contributed by atoms with Gasteiger partial charge in [0.2, 0.25) is 6.08 Å². The van der Waals surface area contributed by atoms with Crippen LogP contribution in [-0.2, 0) is 4.79 Å². The molecule has 0 N–H and O–H groups in total. The van der Waals surface area contributed by atoms with Crippen LogP contribution in [0.5, 0.6) is 0 Å². The van der Waals surface area contributed by atoms with E-state index in [1.165, 1.54) is 0 Å². The summed E-state index contributed by atoms with van der Waals surface area (Å²) in [7, 11) is 3.85. The molecule has 3 heteroatoms. The summed E-state index contributed by atoms with van der Waals surface area (Å²) in [5, 5.41) is 0. The van der Waals surface area contributed by atoms with E-state index in [-0.39, 0.29) is 0 Å². The normalized spacial score (nSPS) is 9.15. The number of aryl methyl sites for hydroxylation is 1. The van der Waals surface area contributed by atoms with Gasteiger partial charge in [0.15, 0.2) is 0 Å². The van der Waals surface area contributed by atoms with Crippen LogP contribution < -0.4 is 4.90 Å². The molecule has 0 aliphatic heterocycles. The molecule has 0 aromatic heterocycles. The number of nitrogens with zero attached hydrogens (tertiary/aromatic N) is 2. The van der Waals surface area contributed by atoms with Crippen molar-refractivity contribution in [1.82, 2.24) is 0 Å². The molecule has 0 aliphatic rings. The number of anilines is 1. The van der Waals surface area contributed by atoms with E-state index in [1.54, 1.807) is 12.1 Å². The van der Waals surface area contributed by atoms with E-state index in [4.69, 9.17) is 0 Å². The first kappa shape index (κ1) is 9.49. The number of hydrogen-bond donors (Lipinski definition) is 0. The topological polar surface area (TPSA) is 32.7 Å². The minimum Gasteiger partial charge on any atom is -0.376 e. The maximum Gasteiger partial charge on any atom is 0.240 e. The molecule has 1 rings (SSSR count). The van der Waals surface area contributed by atoms with Gasteiger partial charge in [0, 0.05) is 14.1 Å². The molecular formula is C10H12N2O. The molecule has 1 aromatic rings. The first-order chi connectivity index (χ1) is 6.16. The molecule has 0 bridgehead atoms. The van der Waals surface area contributed by atoms with Crippen LogP contribution in [0.2, 0.25) is 0 Å². The molecule has 0 heterocycles. The van der Waals surface area contributed by atoms with Gasteiger partial charge in [0.1, 0.15) is 0 Å². The zero-order valence-electron chi connectivity index (χ0n) is 8.03. The van der Waals surface area contributed by atoms with Crippen LogP contribution >= 0.6 is 0 Å². The van der Waals surface area contributed by atoms with Crippen molar-refractivity contribution in [3.05, 3.63) is 23.8 Å². The van der Waals surface area contributed by atoms with Gasteiger partial charge in [-0.1, -0.05) is 12.1 Å². The third-order valence-corrected chi connectivity index (χ3v) is 1.83. The van der Waals surface area contributed by atoms with Crippen LogP contribution in [0.3, 0.4) is 0 Å². The highest BCUT2D eigenvalue weighted by Crippen LogP contribution is 2.29. The molecule has 0 aliphatic carbocycles. The molecule has 3 nitrogen and oxygen atoms in total. The summed E-state index contributed by atoms with van der Waals surface area (Å²) >= 11 is 0. The van der Waals surface area contributed by atoms with Crippen molar-refractivity contribution in [2.24, 2.45) is 4.99 Å². The maximum absolute atomic E-state index is 10.2. The minimum atomic E-state index is 0.667. The lowest BCUT2D eigenvalue weighted by atomic mass is 10.1. The van der Waals surface area contributed by atoms with Gasteiger partial charge in [-0.05, 0) is 18.6 Å². The molecule has 0 saturated carbocycles. The SMILES string of the molecule is Cc1cccc(N=C=O)c1N(C)C. The van der Waals surface area contributed by atoms with Gasteiger partial charge in [-0.15, -0.1) is 0 Å². The van der Waals surface area contributed by atoms with Gasteiger partial charge < -0.3 is 4.90 Å². The fraction of sp³-hybridized carbons (Fsp3) is 0.300. The monoisotopic (exact) mass is 176 g/mol. The molecule has 13 heavy (non-hydrogen) atoms. The zero-order valence-corrected chi connectivity index (χ0v) is 8.03. The Hall–Kier alpha value is -1.60. The predicted molar refractivity (Wildman–Crippen MR) is 53.3 cm³/mol. The van der Waals surface area contributed by atoms with Crippen LogP contribution in [0.1, 0.15) is 5.56 Å². The standard InChI is InChI=1S/C10H12N2O/c1-8-5-4-6-9(11-7-13)10(8)12(2)3/h4-6H,1-3H3. The average molecular weight is 176 g/mol. The van der Waals surface area contributed by atoms with E-state index in [9.17, 15) is 4.79 Å². The fourth-order valence-corrected chi connectivity index (χ4v) is 1.36. The van der Waals surface area contributed by atoms with Crippen LogP contribution in [0.15, 0.2) is 23.2 Å². The average Bonchev–Trinajstić information content (AvgIpc) is 2.04. The lowest BCUT2D eigenvalue weighted by Crippen LogP contribution is -2.10. The molecule has 0 spiro atoms. The predicted octanol–water partition coefficient (Wildman–Crippen LogP) is 2.03. The van der Waals surface area contributed by atoms with E-state index in [0.29, 0.717) is 5.69 Å². The summed E-state index contributed by atoms with van der Waals surface area (Å²) in [4.78, 5) is 15.7. The molecule has 0 radical (unpaired) electrons. The van der Waals surface area contributed by atoms with Gasteiger partial charge in [0.05, 0.1) is 11.4 Å². The first-order valence-corrected chi connectivity index (χ1v) is 4.01. The number of isocyanates is 1. The minimum absolute atomic E-state index is 0.667. The van der Waals surface area contributed by atoms with Crippen molar-refractivity contribution in [1.29, 1.82) is 0 Å². The molecule has 0 saturated heterocycles. The first-order valence-electron chi connectivity index (χ1n) is 4.01. The van der Waals surface area contributed by atoms with Gasteiger partial charge in [0.25, 0.3) is 0 Å². The summed E-state index contributed by atoms with van der Waals surface area (Å²) in [5.74, 6) is 0. The largest absolute Gasteiger partial charge is 0.376 e. The van der Waals surface area contributed by atoms with Gasteiger partial charge in [-0.3, -0.25) is 0 Å². The van der Waals surface area contributed by atoms with Crippen LogP contribution in [0, 0.1) is 6.92 Å². The maximum atomic E-state index is 10.2. The van der Waals surface area contributed by atoms with Crippen molar-refractivity contribution >= 4 is 17.5 Å². The zero-order chi connectivity index (χ0) is 9.84. The smallest absolute Gasteiger partial charge is 0.240 e. The Labute approximate surface area is 77.7 Å². The molecule has 0 atom stereocenters. The Morgan fingerprint density at radius 2 is 2.08 bits per heavy atom. The van der Waals surface area contributed by atoms with E-state index in [0.717, 1.165) is 11.3 Å². The highest BCUT2D eigenvalue weighted by atomic mass is 16.1. The quantitative estimate of drug-likeness (QED) is 0.510. The Bertz CT molecular complexity index is 352. The summed E-state index contributed by atoms with van der Waals surface area (Å²) < 4.78 is 0. The molecule has 0 amide bonds. The molecular weight excluding hydrogens is 164 g/mol. The van der Waals surface area contributed by atoms with Crippen molar-refractivity contribution in [3.63, 3.8) is 0 Å². The number of benzene rings is 1. The Kier molecular flexibility index (Phi) is 2.83. The summed E-state index contributed by atoms with van der Waals surface area (Å²) in [5.41, 5.74) is 2.73. The van der Waals surface area contributed by atoms with Crippen LogP contribution in [0.25, 0.3) is 0 Å². The third kappa shape index (κ3) is 1.95. The Morgan fingerprint density at radius 1 is 1.38 bits per heavy atom. The Morgan fingerprint density at radius 3 is 2.62 bits per heavy atom. The van der Waals surface area contributed by atoms with E-state index in [1.807, 2.05) is 38.1 Å². The summed E-state index contributed by atoms with van der Waals surface area (Å²) in [6.45, 7) is 1.99. The van der Waals surface area contributed by atoms with Crippen molar-refractivity contribution in [3.8, 4) is 0 Å². The van der Waals surface area contributed by atoms with Gasteiger partial charge >= 0.3 is 0 Å². The van der Waals surface area contributed by atoms with E-state index < -0.39 is 0 Å². The third-order valence-electron chi connectivity index (χ3n) is 1.83. The lowest BCUT2D eigenvalue weighted by Gasteiger charge is -2.16. The second-order valence-electron chi connectivity index (χ2n) is 3.04. The van der Waals surface area contributed by atoms with Crippen molar-refractivity contribution in [2.45, 2.75) is 6.92 Å². The fourth-order valence-electron chi connectivity index (χ4n) is 1.36. The number of rotatable bonds is 2. The molecule has 0 unspecified atom stereocenters.